The molecule has 1 N–H and O–H groups in total. The van der Waals surface area contributed by atoms with Crippen LogP contribution in [0, 0.1) is 34.6 Å². The Labute approximate surface area is 138 Å². The lowest BCUT2D eigenvalue weighted by molar-refractivity contribution is -0.116. The highest BCUT2D eigenvalue weighted by atomic mass is 16.5. The molecule has 0 aliphatic heterocycles. The zero-order chi connectivity index (χ0) is 17.0. The number of carbonyl (C=O) groups excluding carboxylic acids is 1. The van der Waals surface area contributed by atoms with Crippen molar-refractivity contribution in [3.63, 3.8) is 0 Å². The predicted octanol–water partition coefficient (Wildman–Crippen LogP) is 4.64. The molecule has 0 aliphatic rings. The smallest absolute Gasteiger partial charge is 0.227 e. The summed E-state index contributed by atoms with van der Waals surface area (Å²) in [5, 5.41) is 3.00. The van der Waals surface area contributed by atoms with Crippen LogP contribution in [0.15, 0.2) is 30.3 Å². The van der Waals surface area contributed by atoms with Crippen LogP contribution in [-0.4, -0.2) is 12.5 Å². The molecule has 3 nitrogen and oxygen atoms in total. The van der Waals surface area contributed by atoms with E-state index < -0.39 is 0 Å². The van der Waals surface area contributed by atoms with E-state index in [0.29, 0.717) is 13.0 Å². The van der Waals surface area contributed by atoms with Crippen LogP contribution < -0.4 is 10.1 Å². The summed E-state index contributed by atoms with van der Waals surface area (Å²) in [5.74, 6) is 0.794. The second-order valence-electron chi connectivity index (χ2n) is 6.24. The molecule has 0 atom stereocenters. The lowest BCUT2D eigenvalue weighted by Crippen LogP contribution is -2.16. The molecule has 2 rings (SSSR count). The van der Waals surface area contributed by atoms with Crippen LogP contribution in [-0.2, 0) is 4.79 Å². The van der Waals surface area contributed by atoms with Crippen molar-refractivity contribution in [3.8, 4) is 5.75 Å². The van der Waals surface area contributed by atoms with E-state index in [4.69, 9.17) is 4.74 Å². The molecule has 0 radical (unpaired) electrons. The van der Waals surface area contributed by atoms with Gasteiger partial charge in [-0.15, -0.1) is 0 Å². The van der Waals surface area contributed by atoms with Gasteiger partial charge in [0.1, 0.15) is 5.75 Å². The molecule has 3 heteroatoms. The fraction of sp³-hybridized carbons (Fsp3) is 0.350. The predicted molar refractivity (Wildman–Crippen MR) is 95.3 cm³/mol. The van der Waals surface area contributed by atoms with Gasteiger partial charge in [0.05, 0.1) is 13.0 Å². The number of nitrogens with one attached hydrogen (secondary N) is 1. The van der Waals surface area contributed by atoms with Gasteiger partial charge in [-0.25, -0.2) is 0 Å². The molecule has 1 amide bonds. The third-order valence-corrected chi connectivity index (χ3v) is 3.73. The zero-order valence-corrected chi connectivity index (χ0v) is 14.6. The Balaban J connectivity index is 1.91. The first-order valence-electron chi connectivity index (χ1n) is 7.94. The number of aryl methyl sites for hydroxylation is 5. The molecule has 0 heterocycles. The van der Waals surface area contributed by atoms with Gasteiger partial charge >= 0.3 is 0 Å². The van der Waals surface area contributed by atoms with Crippen molar-refractivity contribution in [2.75, 3.05) is 11.9 Å². The minimum atomic E-state index is -0.0237. The van der Waals surface area contributed by atoms with Crippen LogP contribution in [0.4, 0.5) is 5.69 Å². The molecule has 0 fully saturated rings. The third-order valence-electron chi connectivity index (χ3n) is 3.73. The average molecular weight is 311 g/mol. The van der Waals surface area contributed by atoms with E-state index in [1.54, 1.807) is 0 Å². The SMILES string of the molecule is Cc1cc(C)cc(OCCC(=O)Nc2c(C)cc(C)cc2C)c1. The summed E-state index contributed by atoms with van der Waals surface area (Å²) in [4.78, 5) is 12.1. The van der Waals surface area contributed by atoms with Gasteiger partial charge in [-0.05, 0) is 69.0 Å². The number of rotatable bonds is 5. The van der Waals surface area contributed by atoms with Crippen LogP contribution in [0.1, 0.15) is 34.2 Å². The van der Waals surface area contributed by atoms with Crippen molar-refractivity contribution in [3.05, 3.63) is 58.1 Å². The normalized spacial score (nSPS) is 10.5. The maximum absolute atomic E-state index is 12.1. The van der Waals surface area contributed by atoms with E-state index >= 15 is 0 Å². The summed E-state index contributed by atoms with van der Waals surface area (Å²) in [7, 11) is 0. The van der Waals surface area contributed by atoms with Crippen molar-refractivity contribution >= 4 is 11.6 Å². The largest absolute Gasteiger partial charge is 0.493 e. The van der Waals surface area contributed by atoms with Crippen LogP contribution in [0.5, 0.6) is 5.75 Å². The Bertz CT molecular complexity index is 676. The minimum Gasteiger partial charge on any atom is -0.493 e. The van der Waals surface area contributed by atoms with E-state index in [9.17, 15) is 4.79 Å². The molecule has 0 aromatic heterocycles. The number of benzene rings is 2. The van der Waals surface area contributed by atoms with Crippen molar-refractivity contribution in [2.24, 2.45) is 0 Å². The third kappa shape index (κ3) is 4.85. The van der Waals surface area contributed by atoms with E-state index in [2.05, 4.69) is 30.4 Å². The van der Waals surface area contributed by atoms with Gasteiger partial charge in [0.25, 0.3) is 0 Å². The summed E-state index contributed by atoms with van der Waals surface area (Å²) in [6.07, 6.45) is 0.333. The first-order valence-corrected chi connectivity index (χ1v) is 7.94. The van der Waals surface area contributed by atoms with Gasteiger partial charge in [-0.1, -0.05) is 23.8 Å². The van der Waals surface area contributed by atoms with Gasteiger partial charge < -0.3 is 10.1 Å². The first-order chi connectivity index (χ1) is 10.8. The van der Waals surface area contributed by atoms with Gasteiger partial charge in [0, 0.05) is 5.69 Å². The highest BCUT2D eigenvalue weighted by Gasteiger charge is 2.08. The number of carbonyl (C=O) groups is 1. The number of amides is 1. The molecule has 0 aliphatic carbocycles. The van der Waals surface area contributed by atoms with Crippen LogP contribution in [0.3, 0.4) is 0 Å². The van der Waals surface area contributed by atoms with Crippen LogP contribution >= 0.6 is 0 Å². The second-order valence-corrected chi connectivity index (χ2v) is 6.24. The summed E-state index contributed by atoms with van der Waals surface area (Å²) in [5.41, 5.74) is 6.62. The first kappa shape index (κ1) is 17.1. The Kier molecular flexibility index (Phi) is 5.43. The second kappa shape index (κ2) is 7.32. The highest BCUT2D eigenvalue weighted by Crippen LogP contribution is 2.22. The topological polar surface area (TPSA) is 38.3 Å². The minimum absolute atomic E-state index is 0.0237. The monoisotopic (exact) mass is 311 g/mol. The zero-order valence-electron chi connectivity index (χ0n) is 14.6. The molecule has 2 aromatic rings. The molecule has 0 bridgehead atoms. The van der Waals surface area contributed by atoms with Crippen molar-refractivity contribution in [2.45, 2.75) is 41.0 Å². The summed E-state index contributed by atoms with van der Waals surface area (Å²) >= 11 is 0. The lowest BCUT2D eigenvalue weighted by atomic mass is 10.1. The summed E-state index contributed by atoms with van der Waals surface area (Å²) < 4.78 is 5.69. The molecule has 23 heavy (non-hydrogen) atoms. The van der Waals surface area contributed by atoms with Gasteiger partial charge in [-0.3, -0.25) is 4.79 Å². The van der Waals surface area contributed by atoms with Crippen molar-refractivity contribution < 1.29 is 9.53 Å². The molecular weight excluding hydrogens is 286 g/mol. The Morgan fingerprint density at radius 3 is 1.96 bits per heavy atom. The quantitative estimate of drug-likeness (QED) is 0.874. The van der Waals surface area contributed by atoms with Crippen LogP contribution in [0.2, 0.25) is 0 Å². The molecule has 122 valence electrons. The standard InChI is InChI=1S/C20H25NO2/c1-13-8-14(2)12-18(11-13)23-7-6-19(22)21-20-16(4)9-15(3)10-17(20)5/h8-12H,6-7H2,1-5H3,(H,21,22). The average Bonchev–Trinajstić information content (AvgIpc) is 2.41. The fourth-order valence-corrected chi connectivity index (χ4v) is 2.86. The summed E-state index contributed by atoms with van der Waals surface area (Å²) in [6, 6.07) is 10.2. The fourth-order valence-electron chi connectivity index (χ4n) is 2.86. The molecule has 0 spiro atoms. The van der Waals surface area contributed by atoms with Gasteiger partial charge in [-0.2, -0.15) is 0 Å². The highest BCUT2D eigenvalue weighted by molar-refractivity contribution is 5.92. The maximum Gasteiger partial charge on any atom is 0.227 e. The van der Waals surface area contributed by atoms with E-state index in [0.717, 1.165) is 33.7 Å². The molecular formula is C20H25NO2. The van der Waals surface area contributed by atoms with E-state index in [-0.39, 0.29) is 5.91 Å². The maximum atomic E-state index is 12.1. The van der Waals surface area contributed by atoms with Gasteiger partial charge in [0.15, 0.2) is 0 Å². The Morgan fingerprint density at radius 2 is 1.39 bits per heavy atom. The number of hydrogen-bond acceptors (Lipinski definition) is 2. The summed E-state index contributed by atoms with van der Waals surface area (Å²) in [6.45, 7) is 10.5. The Morgan fingerprint density at radius 1 is 0.870 bits per heavy atom. The van der Waals surface area contributed by atoms with E-state index in [1.165, 1.54) is 5.56 Å². The lowest BCUT2D eigenvalue weighted by Gasteiger charge is -2.13. The van der Waals surface area contributed by atoms with E-state index in [1.807, 2.05) is 39.8 Å². The van der Waals surface area contributed by atoms with Crippen molar-refractivity contribution in [1.82, 2.24) is 0 Å². The Hall–Kier alpha value is -2.29. The molecule has 2 aromatic carbocycles. The molecule has 0 unspecified atom stereocenters. The number of anilines is 1. The molecule has 0 saturated carbocycles. The van der Waals surface area contributed by atoms with Crippen LogP contribution in [0.25, 0.3) is 0 Å². The molecule has 0 saturated heterocycles. The number of hydrogen-bond donors (Lipinski definition) is 1. The number of ether oxygens (including phenoxy) is 1. The van der Waals surface area contributed by atoms with Gasteiger partial charge in [0.2, 0.25) is 5.91 Å². The van der Waals surface area contributed by atoms with Crippen molar-refractivity contribution in [1.29, 1.82) is 0 Å².